The molecule has 2 heterocycles. The Kier molecular flexibility index (Phi) is 4.50. The molecule has 1 aromatic rings. The molecule has 1 aliphatic rings. The van der Waals surface area contributed by atoms with Crippen LogP contribution in [0.5, 0.6) is 0 Å². The number of hydrogen-bond donors (Lipinski definition) is 2. The highest BCUT2D eigenvalue weighted by Crippen LogP contribution is 2.23. The van der Waals surface area contributed by atoms with Crippen LogP contribution in [-0.2, 0) is 0 Å². The molecule has 20 heavy (non-hydrogen) atoms. The van der Waals surface area contributed by atoms with Crippen molar-refractivity contribution >= 4 is 23.3 Å². The second-order valence-electron chi connectivity index (χ2n) is 5.42. The van der Waals surface area contributed by atoms with Gasteiger partial charge in [-0.15, -0.1) is 0 Å². The number of carbonyl (C=O) groups is 1. The van der Waals surface area contributed by atoms with Gasteiger partial charge in [0.15, 0.2) is 0 Å². The lowest BCUT2D eigenvalue weighted by atomic mass is 9.95. The number of rotatable bonds is 3. The molecule has 1 fully saturated rings. The van der Waals surface area contributed by atoms with Gasteiger partial charge in [-0.1, -0.05) is 11.6 Å². The third kappa shape index (κ3) is 3.61. The first-order valence-corrected chi connectivity index (χ1v) is 7.22. The van der Waals surface area contributed by atoms with E-state index in [-0.39, 0.29) is 11.1 Å². The third-order valence-corrected chi connectivity index (χ3v) is 3.55. The predicted octanol–water partition coefficient (Wildman–Crippen LogP) is 2.15. The van der Waals surface area contributed by atoms with Gasteiger partial charge in [-0.2, -0.15) is 0 Å². The van der Waals surface area contributed by atoms with E-state index in [4.69, 9.17) is 11.6 Å². The molecular formula is C14H20ClN3O2. The summed E-state index contributed by atoms with van der Waals surface area (Å²) >= 11 is 5.95. The highest BCUT2D eigenvalue weighted by Gasteiger charge is 2.31. The molecule has 0 spiro atoms. The number of aromatic nitrogens is 1. The molecule has 5 nitrogen and oxygen atoms in total. The normalized spacial score (nSPS) is 22.7. The van der Waals surface area contributed by atoms with Crippen LogP contribution in [0.1, 0.15) is 37.0 Å². The van der Waals surface area contributed by atoms with Gasteiger partial charge in [0.1, 0.15) is 11.0 Å². The maximum atomic E-state index is 12.5. The maximum Gasteiger partial charge on any atom is 0.254 e. The average Bonchev–Trinajstić information content (AvgIpc) is 2.36. The molecular weight excluding hydrogens is 278 g/mol. The zero-order valence-electron chi connectivity index (χ0n) is 11.8. The van der Waals surface area contributed by atoms with Crippen molar-refractivity contribution in [2.24, 2.45) is 0 Å². The Morgan fingerprint density at radius 3 is 3.00 bits per heavy atom. The van der Waals surface area contributed by atoms with Gasteiger partial charge in [0, 0.05) is 25.2 Å². The van der Waals surface area contributed by atoms with Crippen molar-refractivity contribution in [3.63, 3.8) is 0 Å². The largest absolute Gasteiger partial charge is 0.388 e. The van der Waals surface area contributed by atoms with Crippen LogP contribution in [0.3, 0.4) is 0 Å². The topological polar surface area (TPSA) is 65.5 Å². The van der Waals surface area contributed by atoms with Crippen molar-refractivity contribution in [2.45, 2.75) is 32.3 Å². The van der Waals surface area contributed by atoms with E-state index in [2.05, 4.69) is 10.3 Å². The van der Waals surface area contributed by atoms with Crippen molar-refractivity contribution in [1.29, 1.82) is 0 Å². The zero-order chi connectivity index (χ0) is 14.8. The number of amides is 1. The quantitative estimate of drug-likeness (QED) is 0.839. The molecule has 0 aliphatic carbocycles. The first-order valence-electron chi connectivity index (χ1n) is 6.84. The first-order chi connectivity index (χ1) is 9.41. The molecule has 0 saturated carbocycles. The van der Waals surface area contributed by atoms with Crippen LogP contribution in [0.4, 0.5) is 5.82 Å². The summed E-state index contributed by atoms with van der Waals surface area (Å²) in [6, 6.07) is 3.26. The number of aliphatic hydroxyl groups is 1. The number of likely N-dealkylation sites (tertiary alicyclic amines) is 1. The molecule has 1 atom stereocenters. The standard InChI is InChI=1S/C14H20ClN3O2/c1-3-16-12-8-10(7-11(15)17-12)13(19)18-6-4-5-14(2,20)9-18/h7-8,20H,3-6,9H2,1-2H3,(H,16,17). The summed E-state index contributed by atoms with van der Waals surface area (Å²) in [6.07, 6.45) is 1.52. The minimum Gasteiger partial charge on any atom is -0.388 e. The van der Waals surface area contributed by atoms with Gasteiger partial charge in [0.2, 0.25) is 0 Å². The van der Waals surface area contributed by atoms with Gasteiger partial charge in [0.25, 0.3) is 5.91 Å². The van der Waals surface area contributed by atoms with Gasteiger partial charge < -0.3 is 15.3 Å². The minimum absolute atomic E-state index is 0.117. The Bertz CT molecular complexity index is 505. The van der Waals surface area contributed by atoms with Crippen molar-refractivity contribution in [3.05, 3.63) is 22.8 Å². The molecule has 6 heteroatoms. The van der Waals surface area contributed by atoms with Gasteiger partial charge in [-0.05, 0) is 38.8 Å². The lowest BCUT2D eigenvalue weighted by Gasteiger charge is -2.36. The van der Waals surface area contributed by atoms with Gasteiger partial charge >= 0.3 is 0 Å². The summed E-state index contributed by atoms with van der Waals surface area (Å²) in [5.74, 6) is 0.473. The van der Waals surface area contributed by atoms with E-state index >= 15 is 0 Å². The SMILES string of the molecule is CCNc1cc(C(=O)N2CCCC(C)(O)C2)cc(Cl)n1. The van der Waals surface area contributed by atoms with E-state index < -0.39 is 5.60 Å². The molecule has 0 bridgehead atoms. The Balaban J connectivity index is 2.20. The molecule has 110 valence electrons. The van der Waals surface area contributed by atoms with Crippen LogP contribution in [0.2, 0.25) is 5.15 Å². The fraction of sp³-hybridized carbons (Fsp3) is 0.571. The number of pyridine rings is 1. The summed E-state index contributed by atoms with van der Waals surface area (Å²) in [7, 11) is 0. The average molecular weight is 298 g/mol. The predicted molar refractivity (Wildman–Crippen MR) is 79.2 cm³/mol. The van der Waals surface area contributed by atoms with Crippen molar-refractivity contribution in [1.82, 2.24) is 9.88 Å². The van der Waals surface area contributed by atoms with Gasteiger partial charge in [-0.3, -0.25) is 4.79 Å². The van der Waals surface area contributed by atoms with Crippen LogP contribution in [0, 0.1) is 0 Å². The highest BCUT2D eigenvalue weighted by molar-refractivity contribution is 6.29. The number of nitrogens with one attached hydrogen (secondary N) is 1. The molecule has 1 aromatic heterocycles. The third-order valence-electron chi connectivity index (χ3n) is 3.36. The fourth-order valence-electron chi connectivity index (χ4n) is 2.47. The smallest absolute Gasteiger partial charge is 0.254 e. The van der Waals surface area contributed by atoms with E-state index in [1.807, 2.05) is 6.92 Å². The van der Waals surface area contributed by atoms with Crippen LogP contribution in [-0.4, -0.2) is 46.1 Å². The summed E-state index contributed by atoms with van der Waals surface area (Å²) in [4.78, 5) is 18.3. The van der Waals surface area contributed by atoms with Crippen molar-refractivity contribution < 1.29 is 9.90 Å². The van der Waals surface area contributed by atoms with Gasteiger partial charge in [0.05, 0.1) is 5.60 Å². The molecule has 1 unspecified atom stereocenters. The molecule has 0 radical (unpaired) electrons. The van der Waals surface area contributed by atoms with E-state index in [0.29, 0.717) is 31.0 Å². The Morgan fingerprint density at radius 2 is 2.35 bits per heavy atom. The lowest BCUT2D eigenvalue weighted by Crippen LogP contribution is -2.48. The van der Waals surface area contributed by atoms with Gasteiger partial charge in [-0.25, -0.2) is 4.98 Å². The van der Waals surface area contributed by atoms with E-state index in [1.165, 1.54) is 0 Å². The number of halogens is 1. The fourth-order valence-corrected chi connectivity index (χ4v) is 2.68. The number of β-amino-alcohol motifs (C(OH)–C–C–N with tert-alkyl or cyclic N) is 1. The summed E-state index contributed by atoms with van der Waals surface area (Å²) in [5, 5.41) is 13.4. The number of carbonyl (C=O) groups excluding carboxylic acids is 1. The summed E-state index contributed by atoms with van der Waals surface area (Å²) < 4.78 is 0. The second-order valence-corrected chi connectivity index (χ2v) is 5.81. The Labute approximate surface area is 123 Å². The van der Waals surface area contributed by atoms with Crippen molar-refractivity contribution in [2.75, 3.05) is 25.0 Å². The first kappa shape index (κ1) is 15.1. The number of hydrogen-bond acceptors (Lipinski definition) is 4. The van der Waals surface area contributed by atoms with Crippen LogP contribution in [0.15, 0.2) is 12.1 Å². The second kappa shape index (κ2) is 5.97. The maximum absolute atomic E-state index is 12.5. The Hall–Kier alpha value is -1.33. The molecule has 0 aromatic carbocycles. The summed E-state index contributed by atoms with van der Waals surface area (Å²) in [5.41, 5.74) is -0.312. The van der Waals surface area contributed by atoms with E-state index in [9.17, 15) is 9.90 Å². The lowest BCUT2D eigenvalue weighted by molar-refractivity contribution is -0.0107. The van der Waals surface area contributed by atoms with Crippen LogP contribution < -0.4 is 5.32 Å². The highest BCUT2D eigenvalue weighted by atomic mass is 35.5. The minimum atomic E-state index is -0.810. The van der Waals surface area contributed by atoms with Crippen molar-refractivity contribution in [3.8, 4) is 0 Å². The Morgan fingerprint density at radius 1 is 1.60 bits per heavy atom. The number of anilines is 1. The molecule has 1 saturated heterocycles. The van der Waals surface area contributed by atoms with E-state index in [0.717, 1.165) is 12.8 Å². The van der Waals surface area contributed by atoms with E-state index in [1.54, 1.807) is 24.0 Å². The molecule has 1 aliphatic heterocycles. The molecule has 2 rings (SSSR count). The molecule has 1 amide bonds. The van der Waals surface area contributed by atoms with Crippen LogP contribution >= 0.6 is 11.6 Å². The van der Waals surface area contributed by atoms with Crippen LogP contribution in [0.25, 0.3) is 0 Å². The zero-order valence-corrected chi connectivity index (χ0v) is 12.6. The molecule has 2 N–H and O–H groups in total. The number of piperidine rings is 1. The monoisotopic (exact) mass is 297 g/mol. The number of nitrogens with zero attached hydrogens (tertiary/aromatic N) is 2. The summed E-state index contributed by atoms with van der Waals surface area (Å²) in [6.45, 7) is 5.43.